The van der Waals surface area contributed by atoms with Crippen LogP contribution in [0.2, 0.25) is 0 Å². The van der Waals surface area contributed by atoms with Crippen molar-refractivity contribution < 1.29 is 23.6 Å². The average molecular weight is 311 g/mol. The van der Waals surface area contributed by atoms with Crippen LogP contribution in [0.1, 0.15) is 23.0 Å². The SMILES string of the molecule is COC(=O)c1ccc(-c2ccc(C=C3C(=O)ON=C3C)o2)cc1. The number of ether oxygens (including phenoxy) is 1. The maximum Gasteiger partial charge on any atom is 0.367 e. The van der Waals surface area contributed by atoms with Crippen molar-refractivity contribution in [3.05, 3.63) is 53.3 Å². The van der Waals surface area contributed by atoms with Gasteiger partial charge in [-0.25, -0.2) is 9.59 Å². The zero-order chi connectivity index (χ0) is 16.4. The standard InChI is InChI=1S/C17H13NO5/c1-10-14(17(20)23-18-10)9-13-7-8-15(22-13)11-3-5-12(6-4-11)16(19)21-2/h3-9H,1-2H3. The van der Waals surface area contributed by atoms with Crippen LogP contribution in [0, 0.1) is 0 Å². The lowest BCUT2D eigenvalue weighted by molar-refractivity contribution is -0.136. The summed E-state index contributed by atoms with van der Waals surface area (Å²) in [4.78, 5) is 27.5. The molecule has 0 fully saturated rings. The quantitative estimate of drug-likeness (QED) is 0.494. The normalized spacial score (nSPS) is 15.5. The molecule has 116 valence electrons. The summed E-state index contributed by atoms with van der Waals surface area (Å²) < 4.78 is 10.4. The number of nitrogens with zero attached hydrogens (tertiary/aromatic N) is 1. The molecule has 1 aromatic carbocycles. The van der Waals surface area contributed by atoms with Gasteiger partial charge in [0.1, 0.15) is 11.5 Å². The highest BCUT2D eigenvalue weighted by Gasteiger charge is 2.22. The number of oxime groups is 1. The van der Waals surface area contributed by atoms with E-state index in [1.807, 2.05) is 0 Å². The first-order chi connectivity index (χ1) is 11.1. The summed E-state index contributed by atoms with van der Waals surface area (Å²) in [5, 5.41) is 3.61. The van der Waals surface area contributed by atoms with E-state index in [0.717, 1.165) is 5.56 Å². The second kappa shape index (κ2) is 5.92. The minimum Gasteiger partial charge on any atom is -0.465 e. The second-order valence-electron chi connectivity index (χ2n) is 4.88. The molecule has 23 heavy (non-hydrogen) atoms. The topological polar surface area (TPSA) is 78.1 Å². The molecular weight excluding hydrogens is 298 g/mol. The summed E-state index contributed by atoms with van der Waals surface area (Å²) >= 11 is 0. The Kier molecular flexibility index (Phi) is 3.80. The first-order valence-electron chi connectivity index (χ1n) is 6.85. The van der Waals surface area contributed by atoms with Gasteiger partial charge in [0, 0.05) is 5.56 Å². The molecule has 0 amide bonds. The third kappa shape index (κ3) is 2.91. The fourth-order valence-electron chi connectivity index (χ4n) is 2.14. The van der Waals surface area contributed by atoms with Crippen molar-refractivity contribution >= 4 is 23.7 Å². The van der Waals surface area contributed by atoms with E-state index in [-0.39, 0.29) is 0 Å². The molecule has 3 rings (SSSR count). The largest absolute Gasteiger partial charge is 0.465 e. The molecule has 0 aliphatic carbocycles. The lowest BCUT2D eigenvalue weighted by atomic mass is 10.1. The maximum atomic E-state index is 11.5. The van der Waals surface area contributed by atoms with Crippen LogP contribution in [0.15, 0.2) is 51.5 Å². The fourth-order valence-corrected chi connectivity index (χ4v) is 2.14. The van der Waals surface area contributed by atoms with Crippen LogP contribution in [-0.4, -0.2) is 24.8 Å². The molecular formula is C17H13NO5. The number of carbonyl (C=O) groups is 2. The van der Waals surface area contributed by atoms with Gasteiger partial charge in [-0.3, -0.25) is 0 Å². The molecule has 2 heterocycles. The Morgan fingerprint density at radius 1 is 1.17 bits per heavy atom. The third-order valence-electron chi connectivity index (χ3n) is 3.38. The maximum absolute atomic E-state index is 11.5. The number of hydrogen-bond donors (Lipinski definition) is 0. The molecule has 0 atom stereocenters. The Labute approximate surface area is 132 Å². The molecule has 2 aromatic rings. The summed E-state index contributed by atoms with van der Waals surface area (Å²) in [5.41, 5.74) is 2.15. The van der Waals surface area contributed by atoms with Crippen molar-refractivity contribution in [3.8, 4) is 11.3 Å². The molecule has 6 heteroatoms. The minimum absolute atomic E-state index is 0.368. The number of esters is 1. The molecule has 0 N–H and O–H groups in total. The third-order valence-corrected chi connectivity index (χ3v) is 3.38. The predicted molar refractivity (Wildman–Crippen MR) is 82.7 cm³/mol. The van der Waals surface area contributed by atoms with E-state index >= 15 is 0 Å². The number of furan rings is 1. The van der Waals surface area contributed by atoms with E-state index in [0.29, 0.717) is 28.4 Å². The van der Waals surface area contributed by atoms with Gasteiger partial charge in [0.25, 0.3) is 0 Å². The summed E-state index contributed by atoms with van der Waals surface area (Å²) in [6.07, 6.45) is 1.58. The molecule has 1 aliphatic rings. The van der Waals surface area contributed by atoms with Gasteiger partial charge in [-0.15, -0.1) is 0 Å². The Hall–Kier alpha value is -3.15. The summed E-state index contributed by atoms with van der Waals surface area (Å²) in [6.45, 7) is 1.69. The Morgan fingerprint density at radius 2 is 1.91 bits per heavy atom. The van der Waals surface area contributed by atoms with Crippen LogP contribution in [0.3, 0.4) is 0 Å². The number of rotatable bonds is 3. The second-order valence-corrected chi connectivity index (χ2v) is 4.88. The van der Waals surface area contributed by atoms with E-state index in [9.17, 15) is 9.59 Å². The first-order valence-corrected chi connectivity index (χ1v) is 6.85. The summed E-state index contributed by atoms with van der Waals surface area (Å²) in [6, 6.07) is 10.4. The van der Waals surface area contributed by atoms with E-state index < -0.39 is 11.9 Å². The van der Waals surface area contributed by atoms with Crippen LogP contribution in [0.4, 0.5) is 0 Å². The van der Waals surface area contributed by atoms with Crippen molar-refractivity contribution in [1.29, 1.82) is 0 Å². The molecule has 0 saturated carbocycles. The van der Waals surface area contributed by atoms with E-state index in [1.54, 1.807) is 49.4 Å². The highest BCUT2D eigenvalue weighted by molar-refractivity contribution is 6.24. The fraction of sp³-hybridized carbons (Fsp3) is 0.118. The summed E-state index contributed by atoms with van der Waals surface area (Å²) in [7, 11) is 1.34. The monoisotopic (exact) mass is 311 g/mol. The van der Waals surface area contributed by atoms with Crippen molar-refractivity contribution in [1.82, 2.24) is 0 Å². The summed E-state index contributed by atoms with van der Waals surface area (Å²) in [5.74, 6) is 0.244. The molecule has 0 saturated heterocycles. The lowest BCUT2D eigenvalue weighted by Gasteiger charge is -2.00. The van der Waals surface area contributed by atoms with Crippen LogP contribution < -0.4 is 0 Å². The lowest BCUT2D eigenvalue weighted by Crippen LogP contribution is -2.01. The van der Waals surface area contributed by atoms with Crippen LogP contribution in [0.5, 0.6) is 0 Å². The highest BCUT2D eigenvalue weighted by atomic mass is 16.7. The zero-order valence-corrected chi connectivity index (χ0v) is 12.5. The first kappa shape index (κ1) is 14.8. The van der Waals surface area contributed by atoms with Gasteiger partial charge in [-0.1, -0.05) is 17.3 Å². The Morgan fingerprint density at radius 3 is 2.52 bits per heavy atom. The minimum atomic E-state index is -0.497. The van der Waals surface area contributed by atoms with Gasteiger partial charge in [0.05, 0.1) is 24.0 Å². The number of carbonyl (C=O) groups excluding carboxylic acids is 2. The van der Waals surface area contributed by atoms with Crippen molar-refractivity contribution in [2.24, 2.45) is 5.16 Å². The molecule has 0 bridgehead atoms. The van der Waals surface area contributed by atoms with Gasteiger partial charge >= 0.3 is 11.9 Å². The number of hydrogen-bond acceptors (Lipinski definition) is 6. The molecule has 6 nitrogen and oxygen atoms in total. The van der Waals surface area contributed by atoms with Gasteiger partial charge in [-0.2, -0.15) is 0 Å². The van der Waals surface area contributed by atoms with Gasteiger partial charge in [0.15, 0.2) is 0 Å². The zero-order valence-electron chi connectivity index (χ0n) is 12.5. The van der Waals surface area contributed by atoms with E-state index in [4.69, 9.17) is 4.42 Å². The van der Waals surface area contributed by atoms with Gasteiger partial charge in [0.2, 0.25) is 0 Å². The van der Waals surface area contributed by atoms with Gasteiger partial charge in [-0.05, 0) is 37.3 Å². The van der Waals surface area contributed by atoms with Crippen molar-refractivity contribution in [3.63, 3.8) is 0 Å². The Balaban J connectivity index is 1.85. The van der Waals surface area contributed by atoms with Crippen LogP contribution in [-0.2, 0) is 14.4 Å². The predicted octanol–water partition coefficient (Wildman–Crippen LogP) is 3.05. The Bertz CT molecular complexity index is 827. The van der Waals surface area contributed by atoms with Crippen LogP contribution in [0.25, 0.3) is 17.4 Å². The van der Waals surface area contributed by atoms with Gasteiger partial charge < -0.3 is 14.0 Å². The molecule has 0 radical (unpaired) electrons. The van der Waals surface area contributed by atoms with Crippen molar-refractivity contribution in [2.45, 2.75) is 6.92 Å². The van der Waals surface area contributed by atoms with E-state index in [1.165, 1.54) is 7.11 Å². The van der Waals surface area contributed by atoms with Crippen LogP contribution >= 0.6 is 0 Å². The van der Waals surface area contributed by atoms with Crippen molar-refractivity contribution in [2.75, 3.05) is 7.11 Å². The molecule has 1 aliphatic heterocycles. The molecule has 0 spiro atoms. The number of benzene rings is 1. The smallest absolute Gasteiger partial charge is 0.367 e. The number of methoxy groups -OCH3 is 1. The average Bonchev–Trinajstić information content (AvgIpc) is 3.16. The molecule has 0 unspecified atom stereocenters. The molecule has 1 aromatic heterocycles. The highest BCUT2D eigenvalue weighted by Crippen LogP contribution is 2.25. The van der Waals surface area contributed by atoms with E-state index in [2.05, 4.69) is 14.7 Å².